The summed E-state index contributed by atoms with van der Waals surface area (Å²) in [6, 6.07) is 1.20. The maximum Gasteiger partial charge on any atom is 0.302 e. The van der Waals surface area contributed by atoms with Gasteiger partial charge < -0.3 is 14.9 Å². The van der Waals surface area contributed by atoms with Crippen molar-refractivity contribution >= 4 is 23.0 Å². The Morgan fingerprint density at radius 1 is 1.31 bits per heavy atom. The van der Waals surface area contributed by atoms with Gasteiger partial charge in [0.25, 0.3) is 5.69 Å². The van der Waals surface area contributed by atoms with Crippen LogP contribution in [0.3, 0.4) is 0 Å². The number of carbonyl (C=O) groups is 1. The lowest BCUT2D eigenvalue weighted by atomic mass is 9.99. The van der Waals surface area contributed by atoms with Gasteiger partial charge in [-0.1, -0.05) is 0 Å². The lowest BCUT2D eigenvalue weighted by Crippen LogP contribution is -2.45. The van der Waals surface area contributed by atoms with Crippen molar-refractivity contribution in [1.82, 2.24) is 4.90 Å². The molecule has 1 N–H and O–H groups in total. The van der Waals surface area contributed by atoms with E-state index in [-0.39, 0.29) is 40.1 Å². The molecule has 26 heavy (non-hydrogen) atoms. The summed E-state index contributed by atoms with van der Waals surface area (Å²) in [4.78, 5) is 36.6. The molecule has 0 unspecified atom stereocenters. The molecular formula is C16H22N4O6. The SMILES string of the molecule is CC(=O)N(C)C1CCN(c2c([N+](=O)[O-])cc(CO)c(C)c2[N+](=O)[O-])CC1. The van der Waals surface area contributed by atoms with Crippen LogP contribution in [0, 0.1) is 27.2 Å². The predicted octanol–water partition coefficient (Wildman–Crippen LogP) is 1.75. The number of rotatable bonds is 5. The first-order valence-corrected chi connectivity index (χ1v) is 8.23. The maximum atomic E-state index is 11.6. The quantitative estimate of drug-likeness (QED) is 0.620. The summed E-state index contributed by atoms with van der Waals surface area (Å²) < 4.78 is 0. The lowest BCUT2D eigenvalue weighted by molar-refractivity contribution is -0.393. The first kappa shape index (κ1) is 19.6. The normalized spacial score (nSPS) is 15.0. The molecular weight excluding hydrogens is 344 g/mol. The van der Waals surface area contributed by atoms with Crippen molar-refractivity contribution < 1.29 is 19.7 Å². The van der Waals surface area contributed by atoms with Crippen molar-refractivity contribution in [3.63, 3.8) is 0 Å². The average molecular weight is 366 g/mol. The van der Waals surface area contributed by atoms with Crippen LogP contribution in [-0.2, 0) is 11.4 Å². The van der Waals surface area contributed by atoms with Crippen molar-refractivity contribution in [3.05, 3.63) is 37.4 Å². The Balaban J connectivity index is 2.46. The summed E-state index contributed by atoms with van der Waals surface area (Å²) >= 11 is 0. The van der Waals surface area contributed by atoms with Gasteiger partial charge in [-0.2, -0.15) is 0 Å². The summed E-state index contributed by atoms with van der Waals surface area (Å²) in [5.41, 5.74) is -0.371. The van der Waals surface area contributed by atoms with Gasteiger partial charge >= 0.3 is 5.69 Å². The van der Waals surface area contributed by atoms with Gasteiger partial charge in [0.1, 0.15) is 0 Å². The molecule has 1 aromatic carbocycles. The Kier molecular flexibility index (Phi) is 5.76. The highest BCUT2D eigenvalue weighted by Gasteiger charge is 2.36. The third-order valence-corrected chi connectivity index (χ3v) is 4.99. The van der Waals surface area contributed by atoms with Gasteiger partial charge in [-0.25, -0.2) is 0 Å². The summed E-state index contributed by atoms with van der Waals surface area (Å²) in [5, 5.41) is 32.5. The number of nitrogens with zero attached hydrogens (tertiary/aromatic N) is 4. The molecule has 0 atom stereocenters. The second kappa shape index (κ2) is 7.65. The fourth-order valence-corrected chi connectivity index (χ4v) is 3.37. The van der Waals surface area contributed by atoms with Gasteiger partial charge in [0.05, 0.1) is 16.5 Å². The van der Waals surface area contributed by atoms with Crippen molar-refractivity contribution in [1.29, 1.82) is 0 Å². The molecule has 0 aromatic heterocycles. The fourth-order valence-electron chi connectivity index (χ4n) is 3.37. The van der Waals surface area contributed by atoms with Crippen molar-refractivity contribution in [3.8, 4) is 0 Å². The number of nitro groups is 2. The minimum absolute atomic E-state index is 0.000302. The summed E-state index contributed by atoms with van der Waals surface area (Å²) in [6.07, 6.45) is 1.12. The van der Waals surface area contributed by atoms with Crippen molar-refractivity contribution in [2.75, 3.05) is 25.0 Å². The Morgan fingerprint density at radius 2 is 1.88 bits per heavy atom. The van der Waals surface area contributed by atoms with Gasteiger partial charge in [0.15, 0.2) is 5.69 Å². The number of aliphatic hydroxyl groups is 1. The van der Waals surface area contributed by atoms with Crippen molar-refractivity contribution in [2.45, 2.75) is 39.3 Å². The molecule has 1 saturated heterocycles. The average Bonchev–Trinajstić information content (AvgIpc) is 2.60. The fraction of sp³-hybridized carbons (Fsp3) is 0.562. The summed E-state index contributed by atoms with van der Waals surface area (Å²) in [6.45, 7) is 3.16. The number of amides is 1. The highest BCUT2D eigenvalue weighted by Crippen LogP contribution is 2.42. The molecule has 1 heterocycles. The molecule has 1 aromatic rings. The van der Waals surface area contributed by atoms with Crippen LogP contribution in [0.15, 0.2) is 6.07 Å². The number of hydrogen-bond donors (Lipinski definition) is 1. The van der Waals surface area contributed by atoms with Gasteiger partial charge in [-0.05, 0) is 25.3 Å². The van der Waals surface area contributed by atoms with E-state index in [0.29, 0.717) is 25.9 Å². The van der Waals surface area contributed by atoms with E-state index in [1.807, 2.05) is 0 Å². The molecule has 1 aliphatic heterocycles. The molecule has 0 radical (unpaired) electrons. The zero-order chi connectivity index (χ0) is 19.6. The van der Waals surface area contributed by atoms with E-state index >= 15 is 0 Å². The minimum atomic E-state index is -0.658. The standard InChI is InChI=1S/C16H22N4O6/c1-10-12(9-21)8-14(19(23)24)16(15(10)20(25)26)18-6-4-13(5-7-18)17(3)11(2)22/h8,13,21H,4-7,9H2,1-3H3. The van der Waals surface area contributed by atoms with Crippen LogP contribution in [0.25, 0.3) is 0 Å². The summed E-state index contributed by atoms with van der Waals surface area (Å²) in [5.74, 6) is -0.0662. The number of piperidine rings is 1. The first-order valence-electron chi connectivity index (χ1n) is 8.23. The minimum Gasteiger partial charge on any atom is -0.392 e. The second-order valence-corrected chi connectivity index (χ2v) is 6.40. The highest BCUT2D eigenvalue weighted by molar-refractivity contribution is 5.79. The van der Waals surface area contributed by atoms with Gasteiger partial charge in [0.2, 0.25) is 5.91 Å². The first-order chi connectivity index (χ1) is 12.2. The summed E-state index contributed by atoms with van der Waals surface area (Å²) in [7, 11) is 1.70. The molecule has 1 fully saturated rings. The highest BCUT2D eigenvalue weighted by atomic mass is 16.6. The Bertz CT molecular complexity index is 743. The van der Waals surface area contributed by atoms with Crippen LogP contribution in [0.1, 0.15) is 30.9 Å². The van der Waals surface area contributed by atoms with Gasteiger partial charge in [-0.15, -0.1) is 0 Å². The van der Waals surface area contributed by atoms with E-state index in [9.17, 15) is 30.1 Å². The third-order valence-electron chi connectivity index (χ3n) is 4.99. The lowest BCUT2D eigenvalue weighted by Gasteiger charge is -2.37. The van der Waals surface area contributed by atoms with E-state index < -0.39 is 16.5 Å². The number of aliphatic hydroxyl groups excluding tert-OH is 1. The van der Waals surface area contributed by atoms with E-state index in [0.717, 1.165) is 0 Å². The van der Waals surface area contributed by atoms with Gasteiger partial charge in [-0.3, -0.25) is 25.0 Å². The molecule has 1 aliphatic rings. The second-order valence-electron chi connectivity index (χ2n) is 6.40. The zero-order valence-electron chi connectivity index (χ0n) is 15.0. The monoisotopic (exact) mass is 366 g/mol. The molecule has 10 nitrogen and oxygen atoms in total. The van der Waals surface area contributed by atoms with E-state index in [1.54, 1.807) is 16.8 Å². The Morgan fingerprint density at radius 3 is 2.31 bits per heavy atom. The number of carbonyl (C=O) groups excluding carboxylic acids is 1. The van der Waals surface area contributed by atoms with Crippen molar-refractivity contribution in [2.24, 2.45) is 0 Å². The number of benzene rings is 1. The van der Waals surface area contributed by atoms with E-state index in [4.69, 9.17) is 0 Å². The molecule has 1 amide bonds. The van der Waals surface area contributed by atoms with Crippen LogP contribution < -0.4 is 4.90 Å². The topological polar surface area (TPSA) is 130 Å². The van der Waals surface area contributed by atoms with Gasteiger partial charge in [0, 0.05) is 44.7 Å². The van der Waals surface area contributed by atoms with E-state index in [1.165, 1.54) is 19.9 Å². The van der Waals surface area contributed by atoms with Crippen LogP contribution in [0.5, 0.6) is 0 Å². The number of nitro benzene ring substituents is 2. The Hall–Kier alpha value is -2.75. The molecule has 0 saturated carbocycles. The molecule has 0 spiro atoms. The number of hydrogen-bond acceptors (Lipinski definition) is 7. The predicted molar refractivity (Wildman–Crippen MR) is 94.1 cm³/mol. The van der Waals surface area contributed by atoms with E-state index in [2.05, 4.69) is 0 Å². The smallest absolute Gasteiger partial charge is 0.302 e. The largest absolute Gasteiger partial charge is 0.392 e. The third kappa shape index (κ3) is 3.59. The molecule has 142 valence electrons. The maximum absolute atomic E-state index is 11.6. The van der Waals surface area contributed by atoms with Crippen LogP contribution in [0.2, 0.25) is 0 Å². The Labute approximate surface area is 150 Å². The molecule has 0 aliphatic carbocycles. The van der Waals surface area contributed by atoms with Crippen LogP contribution >= 0.6 is 0 Å². The number of anilines is 1. The van der Waals surface area contributed by atoms with Crippen LogP contribution in [-0.4, -0.2) is 51.9 Å². The zero-order valence-corrected chi connectivity index (χ0v) is 15.0. The molecule has 2 rings (SSSR count). The molecule has 10 heteroatoms. The van der Waals surface area contributed by atoms with Crippen LogP contribution in [0.4, 0.5) is 17.1 Å². The molecule has 0 bridgehead atoms.